The van der Waals surface area contributed by atoms with Crippen LogP contribution >= 0.6 is 0 Å². The molecule has 2 aliphatic rings. The van der Waals surface area contributed by atoms with Crippen molar-refractivity contribution in [3.8, 4) is 40.2 Å². The molecule has 21 nitrogen and oxygen atoms in total. The SMILES string of the molecule is COc1ccc(C2(O)OC(=O)C(c3ccc4c(c3)OCO4)=C2Cc2cc(OC)c(OC)c(OCCOCCOCCOCCOCc3cn(CCOCCOCCOCCOc4cccnc4F)nn3)c2)cc1. The fourth-order valence-electron chi connectivity index (χ4n) is 7.49. The predicted octanol–water partition coefficient (Wildman–Crippen LogP) is 4.74. The van der Waals surface area contributed by atoms with E-state index < -0.39 is 17.7 Å². The van der Waals surface area contributed by atoms with Gasteiger partial charge in [0, 0.05) is 23.8 Å². The smallest absolute Gasteiger partial charge is 0.342 e. The minimum Gasteiger partial charge on any atom is -0.497 e. The van der Waals surface area contributed by atoms with Gasteiger partial charge in [0.15, 0.2) is 28.7 Å². The molecule has 1 atom stereocenters. The van der Waals surface area contributed by atoms with Crippen molar-refractivity contribution < 1.29 is 85.3 Å². The van der Waals surface area contributed by atoms with Crippen LogP contribution in [0.25, 0.3) is 5.57 Å². The van der Waals surface area contributed by atoms with E-state index in [0.29, 0.717) is 155 Å². The van der Waals surface area contributed by atoms with Gasteiger partial charge in [-0.25, -0.2) is 14.5 Å². The molecule has 73 heavy (non-hydrogen) atoms. The lowest BCUT2D eigenvalue weighted by Crippen LogP contribution is -2.29. The summed E-state index contributed by atoms with van der Waals surface area (Å²) in [4.78, 5) is 17.2. The maximum Gasteiger partial charge on any atom is 0.342 e. The van der Waals surface area contributed by atoms with E-state index in [0.717, 1.165) is 0 Å². The molecule has 22 heteroatoms. The van der Waals surface area contributed by atoms with Crippen molar-refractivity contribution in [3.63, 3.8) is 0 Å². The summed E-state index contributed by atoms with van der Waals surface area (Å²) in [6.45, 7) is 6.11. The number of carbonyl (C=O) groups excluding carboxylic acids is 1. The van der Waals surface area contributed by atoms with Crippen LogP contribution in [-0.2, 0) is 68.0 Å². The molecular formula is C51H61FN4O17. The minimum absolute atomic E-state index is 0.0548. The van der Waals surface area contributed by atoms with E-state index >= 15 is 0 Å². The molecule has 0 saturated heterocycles. The number of ether oxygens (including phenoxy) is 15. The van der Waals surface area contributed by atoms with Gasteiger partial charge in [0.1, 0.15) is 24.7 Å². The van der Waals surface area contributed by atoms with Gasteiger partial charge >= 0.3 is 5.97 Å². The molecule has 0 amide bonds. The van der Waals surface area contributed by atoms with Gasteiger partial charge in [0.05, 0.1) is 132 Å². The standard InChI is InChI=1S/C51H61FN4O17/c1-59-40-9-7-38(8-10-40)51(58)41(47(50(57)73-51)37-6-11-42-44(32-37)72-35-71-42)29-36-30-45(60-2)48(61-3)46(31-36)70-28-26-67-22-20-64-17-18-65-23-24-68-34-39-33-56(55-54-39)13-14-62-15-16-63-19-21-66-25-27-69-43-5-4-12-53-49(43)52/h4-12,30-33,58H,13-29,34-35H2,1-3H3. The highest BCUT2D eigenvalue weighted by atomic mass is 19.1. The van der Waals surface area contributed by atoms with Crippen LogP contribution in [0.5, 0.6) is 40.2 Å². The quantitative estimate of drug-likeness (QED) is 0.0329. The van der Waals surface area contributed by atoms with E-state index in [1.54, 1.807) is 71.5 Å². The zero-order valence-electron chi connectivity index (χ0n) is 41.1. The lowest BCUT2D eigenvalue weighted by atomic mass is 9.88. The van der Waals surface area contributed by atoms with Crippen molar-refractivity contribution in [3.05, 3.63) is 113 Å². The highest BCUT2D eigenvalue weighted by molar-refractivity contribution is 6.20. The number of aliphatic hydroxyl groups is 1. The van der Waals surface area contributed by atoms with Gasteiger partial charge < -0.3 is 76.2 Å². The zero-order valence-corrected chi connectivity index (χ0v) is 41.1. The summed E-state index contributed by atoms with van der Waals surface area (Å²) >= 11 is 0. The number of hydrogen-bond donors (Lipinski definition) is 1. The van der Waals surface area contributed by atoms with Crippen molar-refractivity contribution >= 4 is 11.5 Å². The average molecular weight is 1020 g/mol. The summed E-state index contributed by atoms with van der Waals surface area (Å²) in [6, 6.07) is 18.4. The molecule has 5 aromatic rings. The number of cyclic esters (lactones) is 1. The number of rotatable bonds is 35. The molecule has 2 aromatic heterocycles. The van der Waals surface area contributed by atoms with E-state index in [-0.39, 0.29) is 44.4 Å². The Hall–Kier alpha value is -6.63. The van der Waals surface area contributed by atoms with E-state index in [9.17, 15) is 14.3 Å². The van der Waals surface area contributed by atoms with Crippen LogP contribution < -0.4 is 33.2 Å². The number of nitrogens with zero attached hydrogens (tertiary/aromatic N) is 4. The van der Waals surface area contributed by atoms with Crippen molar-refractivity contribution in [1.29, 1.82) is 0 Å². The van der Waals surface area contributed by atoms with Gasteiger partial charge in [0.25, 0.3) is 11.7 Å². The summed E-state index contributed by atoms with van der Waals surface area (Å²) in [5, 5.41) is 20.5. The number of methoxy groups -OCH3 is 3. The summed E-state index contributed by atoms with van der Waals surface area (Å²) in [5.74, 6) is -0.680. The average Bonchev–Trinajstić information content (AvgIpc) is 4.14. The number of fused-ring (bicyclic) bond motifs is 1. The Labute approximate surface area is 421 Å². The molecule has 0 bridgehead atoms. The number of carbonyl (C=O) groups is 1. The highest BCUT2D eigenvalue weighted by Gasteiger charge is 2.48. The number of benzene rings is 3. The number of halogens is 1. The molecule has 3 aromatic carbocycles. The van der Waals surface area contributed by atoms with Gasteiger partial charge in [0.2, 0.25) is 12.5 Å². The summed E-state index contributed by atoms with van der Waals surface area (Å²) in [7, 11) is 4.56. The fourth-order valence-corrected chi connectivity index (χ4v) is 7.49. The minimum atomic E-state index is -2.12. The zero-order chi connectivity index (χ0) is 51.1. The van der Waals surface area contributed by atoms with Crippen molar-refractivity contribution in [2.24, 2.45) is 0 Å². The molecule has 2 aliphatic heterocycles. The monoisotopic (exact) mass is 1020 g/mol. The molecule has 0 spiro atoms. The topological polar surface area (TPSA) is 219 Å². The maximum atomic E-state index is 13.7. The van der Waals surface area contributed by atoms with Crippen molar-refractivity contribution in [2.75, 3.05) is 127 Å². The molecule has 7 rings (SSSR count). The molecular weight excluding hydrogens is 960 g/mol. The summed E-state index contributed by atoms with van der Waals surface area (Å²) in [6.07, 6.45) is 3.22. The van der Waals surface area contributed by atoms with Crippen LogP contribution in [0, 0.1) is 5.95 Å². The van der Waals surface area contributed by atoms with E-state index in [1.807, 2.05) is 0 Å². The Balaban J connectivity index is 0.744. The van der Waals surface area contributed by atoms with Crippen molar-refractivity contribution in [2.45, 2.75) is 25.4 Å². The third-order valence-corrected chi connectivity index (χ3v) is 11.0. The Kier molecular flexibility index (Phi) is 21.2. The number of pyridine rings is 1. The van der Waals surface area contributed by atoms with Crippen LogP contribution in [0.4, 0.5) is 4.39 Å². The third kappa shape index (κ3) is 15.7. The molecule has 1 unspecified atom stereocenters. The van der Waals surface area contributed by atoms with Crippen LogP contribution in [0.2, 0.25) is 0 Å². The lowest BCUT2D eigenvalue weighted by Gasteiger charge is -2.26. The predicted molar refractivity (Wildman–Crippen MR) is 255 cm³/mol. The Morgan fingerprint density at radius 1 is 0.671 bits per heavy atom. The first-order valence-corrected chi connectivity index (χ1v) is 23.6. The molecule has 0 radical (unpaired) electrons. The van der Waals surface area contributed by atoms with E-state index in [2.05, 4.69) is 15.3 Å². The van der Waals surface area contributed by atoms with Crippen LogP contribution in [-0.4, -0.2) is 158 Å². The van der Waals surface area contributed by atoms with E-state index in [1.165, 1.54) is 33.6 Å². The first-order valence-electron chi connectivity index (χ1n) is 23.6. The third-order valence-electron chi connectivity index (χ3n) is 11.0. The number of esters is 1. The molecule has 0 aliphatic carbocycles. The number of hydrogen-bond acceptors (Lipinski definition) is 20. The fraction of sp³-hybridized carbons (Fsp3) is 0.451. The second-order valence-electron chi connectivity index (χ2n) is 15.9. The second kappa shape index (κ2) is 28.6. The second-order valence-corrected chi connectivity index (χ2v) is 15.9. The summed E-state index contributed by atoms with van der Waals surface area (Å²) < 4.78 is 99.3. The van der Waals surface area contributed by atoms with Gasteiger partial charge in [-0.1, -0.05) is 11.3 Å². The largest absolute Gasteiger partial charge is 0.497 e. The van der Waals surface area contributed by atoms with Gasteiger partial charge in [-0.15, -0.1) is 5.10 Å². The van der Waals surface area contributed by atoms with Gasteiger partial charge in [-0.3, -0.25) is 0 Å². The highest BCUT2D eigenvalue weighted by Crippen LogP contribution is 2.48. The van der Waals surface area contributed by atoms with Crippen LogP contribution in [0.3, 0.4) is 0 Å². The normalized spacial score (nSPS) is 14.9. The van der Waals surface area contributed by atoms with E-state index in [4.69, 9.17) is 71.1 Å². The van der Waals surface area contributed by atoms with Gasteiger partial charge in [-0.05, 0) is 71.8 Å². The molecule has 0 saturated carbocycles. The first kappa shape index (κ1) is 54.2. The molecule has 4 heterocycles. The van der Waals surface area contributed by atoms with Crippen molar-refractivity contribution in [1.82, 2.24) is 20.0 Å². The Bertz CT molecular complexity index is 2530. The first-order chi connectivity index (χ1) is 35.8. The molecule has 394 valence electrons. The number of aromatic nitrogens is 4. The molecule has 1 N–H and O–H groups in total. The molecule has 0 fully saturated rings. The van der Waals surface area contributed by atoms with Crippen LogP contribution in [0.15, 0.2) is 84.7 Å². The Morgan fingerprint density at radius 3 is 1.93 bits per heavy atom. The van der Waals surface area contributed by atoms with Gasteiger partial charge in [-0.2, -0.15) is 4.39 Å². The maximum absolute atomic E-state index is 13.7. The Morgan fingerprint density at radius 2 is 1.29 bits per heavy atom. The van der Waals surface area contributed by atoms with Crippen LogP contribution in [0.1, 0.15) is 22.4 Å². The summed E-state index contributed by atoms with van der Waals surface area (Å²) in [5.41, 5.74) is 2.63. The lowest BCUT2D eigenvalue weighted by molar-refractivity contribution is -0.185.